The van der Waals surface area contributed by atoms with E-state index in [4.69, 9.17) is 9.47 Å². The normalized spacial score (nSPS) is 17.2. The zero-order valence-corrected chi connectivity index (χ0v) is 13.4. The molecule has 2 heterocycles. The maximum Gasteiger partial charge on any atom is 0.224 e. The summed E-state index contributed by atoms with van der Waals surface area (Å²) >= 11 is 0. The number of ether oxygens (including phenoxy) is 2. The molecule has 0 spiro atoms. The molecule has 118 valence electrons. The first kappa shape index (κ1) is 16.0. The van der Waals surface area contributed by atoms with Gasteiger partial charge in [-0.3, -0.25) is 0 Å². The van der Waals surface area contributed by atoms with Crippen LogP contribution in [-0.4, -0.2) is 54.3 Å². The molecular weight excluding hydrogens is 268 g/mol. The number of methoxy groups -OCH3 is 2. The van der Waals surface area contributed by atoms with Crippen molar-refractivity contribution in [2.75, 3.05) is 27.3 Å². The maximum atomic E-state index is 5.30. The van der Waals surface area contributed by atoms with E-state index in [-0.39, 0.29) is 0 Å². The van der Waals surface area contributed by atoms with Crippen LogP contribution >= 0.6 is 0 Å². The van der Waals surface area contributed by atoms with Gasteiger partial charge in [-0.1, -0.05) is 0 Å². The van der Waals surface area contributed by atoms with Crippen LogP contribution in [0.5, 0.6) is 11.8 Å². The van der Waals surface area contributed by atoms with Crippen molar-refractivity contribution in [3.05, 3.63) is 11.9 Å². The molecule has 1 aliphatic heterocycles. The number of nitrogens with one attached hydrogen (secondary N) is 1. The number of likely N-dealkylation sites (tertiary alicyclic amines) is 1. The minimum atomic E-state index is 0.523. The van der Waals surface area contributed by atoms with Gasteiger partial charge in [-0.25, -0.2) is 9.97 Å². The van der Waals surface area contributed by atoms with Gasteiger partial charge in [0, 0.05) is 18.6 Å². The van der Waals surface area contributed by atoms with Crippen LogP contribution < -0.4 is 14.8 Å². The zero-order chi connectivity index (χ0) is 15.2. The number of hydrogen-bond donors (Lipinski definition) is 1. The van der Waals surface area contributed by atoms with Crippen LogP contribution in [0.2, 0.25) is 0 Å². The molecule has 1 aromatic heterocycles. The lowest BCUT2D eigenvalue weighted by Crippen LogP contribution is -2.44. The molecule has 6 nitrogen and oxygen atoms in total. The molecule has 1 aliphatic rings. The van der Waals surface area contributed by atoms with Gasteiger partial charge in [-0.15, -0.1) is 0 Å². The van der Waals surface area contributed by atoms with Gasteiger partial charge in [-0.2, -0.15) is 0 Å². The fourth-order valence-corrected chi connectivity index (χ4v) is 2.75. The topological polar surface area (TPSA) is 59.5 Å². The van der Waals surface area contributed by atoms with Crippen molar-refractivity contribution < 1.29 is 9.47 Å². The molecule has 0 aromatic carbocycles. The number of rotatable bonds is 6. The Labute approximate surface area is 126 Å². The van der Waals surface area contributed by atoms with Crippen LogP contribution in [0, 0.1) is 0 Å². The third kappa shape index (κ3) is 4.04. The average Bonchev–Trinajstić information content (AvgIpc) is 2.52. The minimum absolute atomic E-state index is 0.523. The van der Waals surface area contributed by atoms with E-state index in [1.54, 1.807) is 14.2 Å². The maximum absolute atomic E-state index is 5.30. The quantitative estimate of drug-likeness (QED) is 0.857. The fraction of sp³-hybridized carbons (Fsp3) is 0.733. The number of hydrogen-bond acceptors (Lipinski definition) is 6. The highest BCUT2D eigenvalue weighted by atomic mass is 16.5. The molecule has 0 amide bonds. The Balaban J connectivity index is 1.92. The second kappa shape index (κ2) is 7.56. The van der Waals surface area contributed by atoms with Crippen molar-refractivity contribution in [3.8, 4) is 11.8 Å². The second-order valence-corrected chi connectivity index (χ2v) is 5.66. The van der Waals surface area contributed by atoms with Gasteiger partial charge >= 0.3 is 0 Å². The molecule has 1 N–H and O–H groups in total. The van der Waals surface area contributed by atoms with E-state index in [9.17, 15) is 0 Å². The van der Waals surface area contributed by atoms with Crippen LogP contribution in [0.1, 0.15) is 32.3 Å². The summed E-state index contributed by atoms with van der Waals surface area (Å²) in [5.41, 5.74) is 0.883. The van der Waals surface area contributed by atoms with Gasteiger partial charge in [0.25, 0.3) is 0 Å². The van der Waals surface area contributed by atoms with Crippen molar-refractivity contribution in [1.29, 1.82) is 0 Å². The molecule has 6 heteroatoms. The third-order valence-electron chi connectivity index (χ3n) is 4.08. The van der Waals surface area contributed by atoms with Gasteiger partial charge in [0.15, 0.2) is 0 Å². The van der Waals surface area contributed by atoms with Crippen LogP contribution in [0.4, 0.5) is 0 Å². The van der Waals surface area contributed by atoms with Crippen molar-refractivity contribution in [2.45, 2.75) is 45.3 Å². The van der Waals surface area contributed by atoms with E-state index < -0.39 is 0 Å². The van der Waals surface area contributed by atoms with Crippen molar-refractivity contribution >= 4 is 0 Å². The predicted molar refractivity (Wildman–Crippen MR) is 81.7 cm³/mol. The monoisotopic (exact) mass is 294 g/mol. The summed E-state index contributed by atoms with van der Waals surface area (Å²) < 4.78 is 10.6. The molecule has 2 rings (SSSR count). The van der Waals surface area contributed by atoms with Gasteiger partial charge in [0.2, 0.25) is 11.8 Å². The lowest BCUT2D eigenvalue weighted by atomic mass is 10.0. The standard InChI is InChI=1S/C15H26N4O2/c1-11(2)19-7-5-12(6-8-19)16-9-13-14(20-3)17-10-18-15(13)21-4/h10-12,16H,5-9H2,1-4H3. The molecule has 0 aliphatic carbocycles. The van der Waals surface area contributed by atoms with Crippen molar-refractivity contribution in [3.63, 3.8) is 0 Å². The average molecular weight is 294 g/mol. The first-order valence-electron chi connectivity index (χ1n) is 7.55. The molecule has 0 radical (unpaired) electrons. The first-order valence-corrected chi connectivity index (χ1v) is 7.55. The van der Waals surface area contributed by atoms with Crippen LogP contribution in [0.25, 0.3) is 0 Å². The highest BCUT2D eigenvalue weighted by Crippen LogP contribution is 2.23. The summed E-state index contributed by atoms with van der Waals surface area (Å²) in [5, 5.41) is 3.58. The first-order chi connectivity index (χ1) is 10.2. The zero-order valence-electron chi connectivity index (χ0n) is 13.4. The van der Waals surface area contributed by atoms with Crippen LogP contribution in [-0.2, 0) is 6.54 Å². The number of aromatic nitrogens is 2. The molecule has 1 fully saturated rings. The van der Waals surface area contributed by atoms with E-state index in [1.165, 1.54) is 6.33 Å². The lowest BCUT2D eigenvalue weighted by Gasteiger charge is -2.35. The summed E-state index contributed by atoms with van der Waals surface area (Å²) in [6.45, 7) is 7.47. The Morgan fingerprint density at radius 1 is 1.19 bits per heavy atom. The molecule has 1 saturated heterocycles. The molecule has 0 bridgehead atoms. The molecule has 0 unspecified atom stereocenters. The highest BCUT2D eigenvalue weighted by Gasteiger charge is 2.21. The second-order valence-electron chi connectivity index (χ2n) is 5.66. The van der Waals surface area contributed by atoms with Gasteiger partial charge in [0.1, 0.15) is 6.33 Å². The fourth-order valence-electron chi connectivity index (χ4n) is 2.75. The van der Waals surface area contributed by atoms with E-state index >= 15 is 0 Å². The molecule has 21 heavy (non-hydrogen) atoms. The van der Waals surface area contributed by atoms with Gasteiger partial charge < -0.3 is 19.7 Å². The van der Waals surface area contributed by atoms with Gasteiger partial charge in [-0.05, 0) is 39.8 Å². The molecule has 0 atom stereocenters. The number of nitrogens with zero attached hydrogens (tertiary/aromatic N) is 3. The smallest absolute Gasteiger partial charge is 0.224 e. The summed E-state index contributed by atoms with van der Waals surface area (Å²) in [4.78, 5) is 10.8. The van der Waals surface area contributed by atoms with Gasteiger partial charge in [0.05, 0.1) is 19.8 Å². The molecule has 0 saturated carbocycles. The molecular formula is C15H26N4O2. The lowest BCUT2D eigenvalue weighted by molar-refractivity contribution is 0.160. The number of piperidine rings is 1. The Morgan fingerprint density at radius 2 is 1.76 bits per heavy atom. The minimum Gasteiger partial charge on any atom is -0.481 e. The summed E-state index contributed by atoms with van der Waals surface area (Å²) in [6.07, 6.45) is 3.79. The van der Waals surface area contributed by atoms with Crippen LogP contribution in [0.3, 0.4) is 0 Å². The Bertz CT molecular complexity index is 423. The van der Waals surface area contributed by atoms with Crippen molar-refractivity contribution in [2.24, 2.45) is 0 Å². The van der Waals surface area contributed by atoms with E-state index in [0.29, 0.717) is 30.4 Å². The van der Waals surface area contributed by atoms with E-state index in [1.807, 2.05) is 0 Å². The summed E-state index contributed by atoms with van der Waals surface area (Å²) in [7, 11) is 3.23. The largest absolute Gasteiger partial charge is 0.481 e. The highest BCUT2D eigenvalue weighted by molar-refractivity contribution is 5.34. The van der Waals surface area contributed by atoms with Crippen molar-refractivity contribution in [1.82, 2.24) is 20.2 Å². The predicted octanol–water partition coefficient (Wildman–Crippen LogP) is 1.46. The Kier molecular flexibility index (Phi) is 5.76. The molecule has 1 aromatic rings. The van der Waals surface area contributed by atoms with E-state index in [0.717, 1.165) is 31.5 Å². The van der Waals surface area contributed by atoms with E-state index in [2.05, 4.69) is 34.0 Å². The summed E-state index contributed by atoms with van der Waals surface area (Å²) in [6, 6.07) is 1.16. The SMILES string of the molecule is COc1ncnc(OC)c1CNC1CCN(C(C)C)CC1. The summed E-state index contributed by atoms with van der Waals surface area (Å²) in [5.74, 6) is 1.16. The Morgan fingerprint density at radius 3 is 2.24 bits per heavy atom. The van der Waals surface area contributed by atoms with Crippen LogP contribution in [0.15, 0.2) is 6.33 Å². The third-order valence-corrected chi connectivity index (χ3v) is 4.08. The Hall–Kier alpha value is -1.40.